The fourth-order valence-corrected chi connectivity index (χ4v) is 6.29. The molecular weight excluding hydrogens is 731 g/mol. The lowest BCUT2D eigenvalue weighted by molar-refractivity contribution is 0.288. The van der Waals surface area contributed by atoms with E-state index in [0.29, 0.717) is 80.0 Å². The Hall–Kier alpha value is -4.30. The molecule has 2 aromatic carbocycles. The van der Waals surface area contributed by atoms with Gasteiger partial charge in [0.25, 0.3) is 25.8 Å². The molecule has 4 aromatic rings. The van der Waals surface area contributed by atoms with Crippen LogP contribution in [0.4, 0.5) is 11.8 Å². The van der Waals surface area contributed by atoms with Crippen molar-refractivity contribution in [1.29, 1.82) is 0 Å². The molecule has 0 bridgehead atoms. The quantitative estimate of drug-likeness (QED) is 0.258. The lowest BCUT2D eigenvalue weighted by Crippen LogP contribution is -2.46. The van der Waals surface area contributed by atoms with Gasteiger partial charge in [-0.3, -0.25) is 23.0 Å². The predicted octanol–water partition coefficient (Wildman–Crippen LogP) is 2.35. The second-order valence-electron chi connectivity index (χ2n) is 13.0. The highest BCUT2D eigenvalue weighted by Gasteiger charge is 2.28. The molecule has 0 unspecified atom stereocenters. The van der Waals surface area contributed by atoms with Crippen LogP contribution in [0.25, 0.3) is 21.8 Å². The molecule has 0 atom stereocenters. The van der Waals surface area contributed by atoms with E-state index >= 15 is 0 Å². The van der Waals surface area contributed by atoms with Crippen LogP contribution in [-0.2, 0) is 27.3 Å². The van der Waals surface area contributed by atoms with Crippen molar-refractivity contribution in [2.75, 3.05) is 81.8 Å². The number of aromatic nitrogens is 4. The number of benzene rings is 2. The van der Waals surface area contributed by atoms with Gasteiger partial charge in [0.1, 0.15) is 5.82 Å². The van der Waals surface area contributed by atoms with Gasteiger partial charge in [0, 0.05) is 63.8 Å². The van der Waals surface area contributed by atoms with Gasteiger partial charge in [0.05, 0.1) is 42.1 Å². The molecule has 2 aliphatic rings. The van der Waals surface area contributed by atoms with Crippen molar-refractivity contribution in [2.45, 2.75) is 39.7 Å². The Morgan fingerprint density at radius 3 is 1.87 bits per heavy atom. The van der Waals surface area contributed by atoms with E-state index in [9.17, 15) is 26.4 Å². The van der Waals surface area contributed by atoms with Crippen molar-refractivity contribution >= 4 is 53.8 Å². The van der Waals surface area contributed by atoms with Crippen LogP contribution in [0.15, 0.2) is 39.9 Å². The van der Waals surface area contributed by atoms with E-state index in [2.05, 4.69) is 21.7 Å². The molecule has 4 heterocycles. The van der Waals surface area contributed by atoms with E-state index in [1.165, 1.54) is 4.57 Å². The van der Waals surface area contributed by atoms with Gasteiger partial charge in [-0.15, -0.1) is 0 Å². The molecule has 2 saturated heterocycles. The SMILES string of the molecule is CCOc1cc2nc(N3CCN(C)CC3)nc(N3CCC(n4c(=O)c5cc(C)ccc5n(C)c4=O)CC3)c2cc1OCC.CS(=O)(=O)O.CS(=O)(=O)O. The van der Waals surface area contributed by atoms with Crippen molar-refractivity contribution in [2.24, 2.45) is 7.05 Å². The smallest absolute Gasteiger partial charge is 0.331 e. The summed E-state index contributed by atoms with van der Waals surface area (Å²) in [7, 11) is -3.46. The standard InChI is InChI=1S/C32H41N7O4.2CH4O3S/c1-6-42-27-19-23-25(20-28(27)43-7-2)33-31(38-16-14-35(4)15-17-38)34-29(23)37-12-10-22(11-13-37)39-30(40)24-18-21(3)8-9-26(24)36(5)32(39)41;2*1-5(2,3)4/h8-9,18-20,22H,6-7,10-17H2,1-5H3;2*1H3,(H,2,3,4). The molecule has 2 aliphatic heterocycles. The fraction of sp³-hybridized carbons (Fsp3) is 0.529. The van der Waals surface area contributed by atoms with Crippen LogP contribution in [0.5, 0.6) is 11.5 Å². The van der Waals surface area contributed by atoms with E-state index in [-0.39, 0.29) is 17.3 Å². The maximum Gasteiger partial charge on any atom is 0.331 e. The summed E-state index contributed by atoms with van der Waals surface area (Å²) in [5.74, 6) is 2.90. The third kappa shape index (κ3) is 11.1. The Labute approximate surface area is 309 Å². The number of piperidine rings is 1. The summed E-state index contributed by atoms with van der Waals surface area (Å²) in [6, 6.07) is 9.42. The zero-order valence-corrected chi connectivity index (χ0v) is 32.8. The summed E-state index contributed by atoms with van der Waals surface area (Å²) in [6.07, 6.45) is 2.73. The van der Waals surface area contributed by atoms with Crippen LogP contribution in [0.1, 0.15) is 38.3 Å². The van der Waals surface area contributed by atoms with E-state index < -0.39 is 20.2 Å². The molecule has 292 valence electrons. The molecule has 0 spiro atoms. The first-order valence-electron chi connectivity index (χ1n) is 17.2. The van der Waals surface area contributed by atoms with Gasteiger partial charge >= 0.3 is 5.69 Å². The van der Waals surface area contributed by atoms with E-state index in [0.717, 1.165) is 48.5 Å². The first-order valence-corrected chi connectivity index (χ1v) is 20.8. The largest absolute Gasteiger partial charge is 0.490 e. The molecule has 2 fully saturated rings. The third-order valence-corrected chi connectivity index (χ3v) is 8.70. The number of likely N-dealkylation sites (N-methyl/N-ethyl adjacent to an activating group) is 1. The molecule has 0 radical (unpaired) electrons. The third-order valence-electron chi connectivity index (χ3n) is 8.70. The number of ether oxygens (including phenoxy) is 2. The summed E-state index contributed by atoms with van der Waals surface area (Å²) in [4.78, 5) is 43.9. The van der Waals surface area contributed by atoms with Crippen LogP contribution in [0.2, 0.25) is 0 Å². The average molecular weight is 780 g/mol. The van der Waals surface area contributed by atoms with Crippen molar-refractivity contribution in [1.82, 2.24) is 24.0 Å². The number of aryl methyl sites for hydroxylation is 2. The van der Waals surface area contributed by atoms with E-state index in [4.69, 9.17) is 28.5 Å². The topological polar surface area (TPSA) is 207 Å². The predicted molar refractivity (Wildman–Crippen MR) is 205 cm³/mol. The van der Waals surface area contributed by atoms with Crippen molar-refractivity contribution in [3.8, 4) is 11.5 Å². The minimum atomic E-state index is -3.67. The van der Waals surface area contributed by atoms with Crippen molar-refractivity contribution < 1.29 is 35.4 Å². The lowest BCUT2D eigenvalue weighted by atomic mass is 10.0. The number of fused-ring (bicyclic) bond motifs is 2. The van der Waals surface area contributed by atoms with Crippen LogP contribution in [0, 0.1) is 6.92 Å². The fourth-order valence-electron chi connectivity index (χ4n) is 6.29. The second kappa shape index (κ2) is 17.2. The van der Waals surface area contributed by atoms with Gasteiger partial charge in [-0.25, -0.2) is 9.78 Å². The Balaban J connectivity index is 0.000000556. The molecule has 6 rings (SSSR count). The Morgan fingerprint density at radius 1 is 0.774 bits per heavy atom. The zero-order valence-electron chi connectivity index (χ0n) is 31.1. The molecule has 0 saturated carbocycles. The molecule has 53 heavy (non-hydrogen) atoms. The molecule has 0 aliphatic carbocycles. The average Bonchev–Trinajstić information content (AvgIpc) is 3.07. The van der Waals surface area contributed by atoms with Crippen LogP contribution < -0.4 is 30.5 Å². The number of rotatable bonds is 7. The minimum Gasteiger partial charge on any atom is -0.490 e. The maximum absolute atomic E-state index is 13.6. The Morgan fingerprint density at radius 2 is 1.32 bits per heavy atom. The van der Waals surface area contributed by atoms with Crippen LogP contribution >= 0.6 is 0 Å². The number of nitrogens with zero attached hydrogens (tertiary/aromatic N) is 7. The van der Waals surface area contributed by atoms with Gasteiger partial charge in [-0.05, 0) is 58.9 Å². The summed E-state index contributed by atoms with van der Waals surface area (Å²) in [5, 5.41) is 1.48. The summed E-state index contributed by atoms with van der Waals surface area (Å²) >= 11 is 0. The minimum absolute atomic E-state index is 0.193. The van der Waals surface area contributed by atoms with Gasteiger partial charge in [-0.2, -0.15) is 21.8 Å². The van der Waals surface area contributed by atoms with Gasteiger partial charge in [-0.1, -0.05) is 11.6 Å². The molecule has 19 heteroatoms. The Kier molecular flexibility index (Phi) is 13.5. The monoisotopic (exact) mass is 779 g/mol. The highest BCUT2D eigenvalue weighted by atomic mass is 32.2. The second-order valence-corrected chi connectivity index (χ2v) is 16.0. The molecular formula is C34H49N7O10S2. The number of hydrogen-bond donors (Lipinski definition) is 2. The van der Waals surface area contributed by atoms with Gasteiger partial charge < -0.3 is 24.2 Å². The first-order chi connectivity index (χ1) is 24.8. The molecule has 0 amide bonds. The first kappa shape index (κ1) is 41.5. The molecule has 2 N–H and O–H groups in total. The van der Waals surface area contributed by atoms with E-state index in [1.54, 1.807) is 11.6 Å². The number of piperazine rings is 1. The lowest BCUT2D eigenvalue weighted by Gasteiger charge is -2.36. The van der Waals surface area contributed by atoms with Crippen LogP contribution in [0.3, 0.4) is 0 Å². The molecule has 17 nitrogen and oxygen atoms in total. The van der Waals surface area contributed by atoms with Crippen molar-refractivity contribution in [3.05, 3.63) is 56.7 Å². The number of hydrogen-bond acceptors (Lipinski definition) is 13. The van der Waals surface area contributed by atoms with E-state index in [1.807, 2.05) is 51.1 Å². The van der Waals surface area contributed by atoms with Gasteiger partial charge in [0.15, 0.2) is 11.5 Å². The maximum atomic E-state index is 13.6. The zero-order chi connectivity index (χ0) is 39.2. The summed E-state index contributed by atoms with van der Waals surface area (Å²) in [6.45, 7) is 11.8. The number of anilines is 2. The Bertz CT molecular complexity index is 2220. The van der Waals surface area contributed by atoms with Crippen LogP contribution in [-0.4, -0.2) is 122 Å². The van der Waals surface area contributed by atoms with Crippen molar-refractivity contribution in [3.63, 3.8) is 0 Å². The van der Waals surface area contributed by atoms with Gasteiger partial charge in [0.2, 0.25) is 5.95 Å². The molecule has 2 aromatic heterocycles. The summed E-state index contributed by atoms with van der Waals surface area (Å²) < 4.78 is 66.7. The highest BCUT2D eigenvalue weighted by Crippen LogP contribution is 2.38. The summed E-state index contributed by atoms with van der Waals surface area (Å²) in [5.41, 5.74) is 1.98. The highest BCUT2D eigenvalue weighted by molar-refractivity contribution is 7.85. The normalized spacial score (nSPS) is 15.8.